The molecule has 2 aromatic heterocycles. The van der Waals surface area contributed by atoms with Crippen molar-refractivity contribution < 1.29 is 4.79 Å². The molecule has 3 nitrogen and oxygen atoms in total. The fraction of sp³-hybridized carbons (Fsp3) is 0. The average molecular weight is 134 g/mol. The Balaban J connectivity index is 2.88. The molecular weight excluding hydrogens is 128 g/mol. The fourth-order valence-corrected chi connectivity index (χ4v) is 1.04. The van der Waals surface area contributed by atoms with Crippen molar-refractivity contribution in [2.75, 3.05) is 0 Å². The van der Waals surface area contributed by atoms with Gasteiger partial charge in [-0.25, -0.2) is 0 Å². The van der Waals surface area contributed by atoms with E-state index in [2.05, 4.69) is 0 Å². The summed E-state index contributed by atoms with van der Waals surface area (Å²) < 4.78 is 3.41. The molecule has 0 atom stereocenters. The van der Waals surface area contributed by atoms with Gasteiger partial charge in [0.25, 0.3) is 0 Å². The molecule has 0 saturated heterocycles. The summed E-state index contributed by atoms with van der Waals surface area (Å²) >= 11 is 0. The third kappa shape index (κ3) is 0.515. The SMILES string of the molecule is O=Cn1ccn2cccc12. The highest BCUT2D eigenvalue weighted by molar-refractivity contribution is 5.62. The topological polar surface area (TPSA) is 26.4 Å². The molecule has 10 heavy (non-hydrogen) atoms. The Labute approximate surface area is 57.5 Å². The van der Waals surface area contributed by atoms with E-state index in [4.69, 9.17) is 0 Å². The van der Waals surface area contributed by atoms with Gasteiger partial charge in [0.2, 0.25) is 6.41 Å². The van der Waals surface area contributed by atoms with Gasteiger partial charge in [0.1, 0.15) is 5.65 Å². The number of carbonyl (C=O) groups is 1. The molecule has 0 spiro atoms. The van der Waals surface area contributed by atoms with E-state index in [9.17, 15) is 4.79 Å². The normalized spacial score (nSPS) is 10.4. The average Bonchev–Trinajstić information content (AvgIpc) is 2.44. The molecule has 2 rings (SSSR count). The van der Waals surface area contributed by atoms with Crippen LogP contribution in [0.5, 0.6) is 0 Å². The van der Waals surface area contributed by atoms with Crippen LogP contribution >= 0.6 is 0 Å². The smallest absolute Gasteiger partial charge is 0.219 e. The van der Waals surface area contributed by atoms with Crippen LogP contribution in [0.15, 0.2) is 30.7 Å². The molecule has 0 aliphatic heterocycles. The van der Waals surface area contributed by atoms with Crippen molar-refractivity contribution in [3.8, 4) is 0 Å². The van der Waals surface area contributed by atoms with Crippen molar-refractivity contribution in [1.82, 2.24) is 8.97 Å². The molecule has 0 unspecified atom stereocenters. The maximum absolute atomic E-state index is 10.3. The van der Waals surface area contributed by atoms with Crippen LogP contribution in [0.25, 0.3) is 5.65 Å². The number of imidazole rings is 1. The van der Waals surface area contributed by atoms with Gasteiger partial charge in [-0.1, -0.05) is 0 Å². The van der Waals surface area contributed by atoms with Crippen LogP contribution in [0.3, 0.4) is 0 Å². The highest BCUT2D eigenvalue weighted by atomic mass is 16.1. The Bertz CT molecular complexity index is 358. The van der Waals surface area contributed by atoms with Gasteiger partial charge in [-0.15, -0.1) is 0 Å². The van der Waals surface area contributed by atoms with E-state index in [0.717, 1.165) is 12.1 Å². The molecule has 0 aromatic carbocycles. The van der Waals surface area contributed by atoms with Crippen molar-refractivity contribution in [2.45, 2.75) is 0 Å². The van der Waals surface area contributed by atoms with Gasteiger partial charge in [-0.3, -0.25) is 9.36 Å². The predicted molar refractivity (Wildman–Crippen MR) is 37.5 cm³/mol. The Hall–Kier alpha value is -1.51. The van der Waals surface area contributed by atoms with Gasteiger partial charge in [-0.05, 0) is 12.1 Å². The van der Waals surface area contributed by atoms with Gasteiger partial charge >= 0.3 is 0 Å². The third-order valence-electron chi connectivity index (χ3n) is 1.52. The molecule has 0 aliphatic carbocycles. The summed E-state index contributed by atoms with van der Waals surface area (Å²) in [4.78, 5) is 10.3. The summed E-state index contributed by atoms with van der Waals surface area (Å²) in [7, 11) is 0. The maximum Gasteiger partial charge on any atom is 0.219 e. The summed E-state index contributed by atoms with van der Waals surface area (Å²) in [6.07, 6.45) is 6.25. The number of hydrogen-bond acceptors (Lipinski definition) is 1. The lowest BCUT2D eigenvalue weighted by atomic mass is 10.6. The number of carbonyl (C=O) groups excluding carboxylic acids is 1. The predicted octanol–water partition coefficient (Wildman–Crippen LogP) is 0.779. The zero-order chi connectivity index (χ0) is 6.97. The van der Waals surface area contributed by atoms with Crippen LogP contribution in [0.2, 0.25) is 0 Å². The van der Waals surface area contributed by atoms with E-state index in [1.165, 1.54) is 4.57 Å². The van der Waals surface area contributed by atoms with Crippen LogP contribution in [0.4, 0.5) is 0 Å². The molecular formula is C7H6N2O. The second-order valence-corrected chi connectivity index (χ2v) is 2.08. The maximum atomic E-state index is 10.3. The van der Waals surface area contributed by atoms with Crippen LogP contribution in [0.1, 0.15) is 0 Å². The highest BCUT2D eigenvalue weighted by Gasteiger charge is 1.95. The van der Waals surface area contributed by atoms with Gasteiger partial charge in [0.05, 0.1) is 0 Å². The lowest BCUT2D eigenvalue weighted by molar-refractivity contribution is 0.549. The minimum atomic E-state index is 0.787. The summed E-state index contributed by atoms with van der Waals surface area (Å²) in [5, 5.41) is 0. The number of nitrogens with zero attached hydrogens (tertiary/aromatic N) is 2. The van der Waals surface area contributed by atoms with Crippen LogP contribution in [-0.4, -0.2) is 15.4 Å². The first-order valence-electron chi connectivity index (χ1n) is 3.00. The summed E-state index contributed by atoms with van der Waals surface area (Å²) in [5.41, 5.74) is 0.898. The Kier molecular flexibility index (Phi) is 0.917. The number of aromatic nitrogens is 2. The highest BCUT2D eigenvalue weighted by Crippen LogP contribution is 2.02. The molecule has 0 bridgehead atoms. The van der Waals surface area contributed by atoms with E-state index in [1.807, 2.05) is 28.9 Å². The van der Waals surface area contributed by atoms with E-state index < -0.39 is 0 Å². The Morgan fingerprint density at radius 3 is 3.00 bits per heavy atom. The van der Waals surface area contributed by atoms with E-state index >= 15 is 0 Å². The van der Waals surface area contributed by atoms with E-state index in [1.54, 1.807) is 6.20 Å². The van der Waals surface area contributed by atoms with Gasteiger partial charge in [0, 0.05) is 18.6 Å². The molecule has 0 saturated carbocycles. The van der Waals surface area contributed by atoms with Gasteiger partial charge in [-0.2, -0.15) is 0 Å². The molecule has 0 radical (unpaired) electrons. The Morgan fingerprint density at radius 1 is 1.30 bits per heavy atom. The summed E-state index contributed by atoms with van der Waals surface area (Å²) in [5.74, 6) is 0. The first-order chi connectivity index (χ1) is 4.92. The minimum Gasteiger partial charge on any atom is -0.308 e. The quantitative estimate of drug-likeness (QED) is 0.529. The van der Waals surface area contributed by atoms with Crippen molar-refractivity contribution in [1.29, 1.82) is 0 Å². The van der Waals surface area contributed by atoms with Crippen LogP contribution in [0, 0.1) is 0 Å². The van der Waals surface area contributed by atoms with Crippen LogP contribution < -0.4 is 0 Å². The molecule has 0 fully saturated rings. The van der Waals surface area contributed by atoms with E-state index in [-0.39, 0.29) is 0 Å². The fourth-order valence-electron chi connectivity index (χ4n) is 1.04. The first-order valence-corrected chi connectivity index (χ1v) is 3.00. The number of fused-ring (bicyclic) bond motifs is 1. The van der Waals surface area contributed by atoms with Crippen molar-refractivity contribution in [2.24, 2.45) is 0 Å². The second-order valence-electron chi connectivity index (χ2n) is 2.08. The molecule has 2 heterocycles. The standard InChI is InChI=1S/C7H6N2O/c10-6-9-5-4-8-3-1-2-7(8)9/h1-6H. The molecule has 0 aliphatic rings. The van der Waals surface area contributed by atoms with Gasteiger partial charge in [0.15, 0.2) is 0 Å². The first kappa shape index (κ1) is 5.29. The number of hydrogen-bond donors (Lipinski definition) is 0. The lowest BCUT2D eigenvalue weighted by Gasteiger charge is -1.85. The zero-order valence-corrected chi connectivity index (χ0v) is 5.27. The molecule has 3 heteroatoms. The monoisotopic (exact) mass is 134 g/mol. The second kappa shape index (κ2) is 1.73. The summed E-state index contributed by atoms with van der Waals surface area (Å²) in [6, 6.07) is 3.78. The third-order valence-corrected chi connectivity index (χ3v) is 1.52. The zero-order valence-electron chi connectivity index (χ0n) is 5.27. The molecule has 0 N–H and O–H groups in total. The van der Waals surface area contributed by atoms with Crippen molar-refractivity contribution >= 4 is 12.1 Å². The van der Waals surface area contributed by atoms with Crippen LogP contribution in [-0.2, 0) is 4.79 Å². The van der Waals surface area contributed by atoms with Crippen molar-refractivity contribution in [3.05, 3.63) is 30.7 Å². The summed E-state index contributed by atoms with van der Waals surface area (Å²) in [6.45, 7) is 0. The largest absolute Gasteiger partial charge is 0.308 e. The molecule has 50 valence electrons. The van der Waals surface area contributed by atoms with E-state index in [0.29, 0.717) is 0 Å². The lowest BCUT2D eigenvalue weighted by Crippen LogP contribution is -1.90. The Morgan fingerprint density at radius 2 is 2.20 bits per heavy atom. The molecule has 0 amide bonds. The number of rotatable bonds is 1. The minimum absolute atomic E-state index is 0.787. The molecule has 2 aromatic rings. The van der Waals surface area contributed by atoms with Crippen molar-refractivity contribution in [3.63, 3.8) is 0 Å². The van der Waals surface area contributed by atoms with Gasteiger partial charge < -0.3 is 4.40 Å².